The third-order valence-corrected chi connectivity index (χ3v) is 7.78. The number of rotatable bonds is 8. The van der Waals surface area contributed by atoms with Gasteiger partial charge in [-0.2, -0.15) is 0 Å². The Balaban J connectivity index is 1.34. The number of nitrogens with one attached hydrogen (secondary N) is 2. The van der Waals surface area contributed by atoms with Crippen molar-refractivity contribution in [2.24, 2.45) is 0 Å². The summed E-state index contributed by atoms with van der Waals surface area (Å²) in [7, 11) is 1.90. The normalized spacial score (nSPS) is 29.2. The molecular weight excluding hydrogens is 526 g/mol. The number of carbonyl (C=O) groups excluding carboxylic acids is 1. The second-order valence-corrected chi connectivity index (χ2v) is 11.1. The topological polar surface area (TPSA) is 89.6 Å². The zero-order valence-corrected chi connectivity index (χ0v) is 22.8. The molecule has 3 N–H and O–H groups in total. The molecule has 1 aromatic rings. The van der Waals surface area contributed by atoms with Gasteiger partial charge in [-0.05, 0) is 38.5 Å². The number of aliphatic hydroxyl groups is 1. The minimum absolute atomic E-state index is 0.0577. The molecule has 4 aliphatic rings. The van der Waals surface area contributed by atoms with Gasteiger partial charge in [-0.15, -0.1) is 0 Å². The number of allylic oxidation sites excluding steroid dienone is 2. The van der Waals surface area contributed by atoms with Gasteiger partial charge >= 0.3 is 6.09 Å². The number of likely N-dealkylation sites (N-methyl/N-ethyl adjacent to an activating group) is 1. The van der Waals surface area contributed by atoms with E-state index < -0.39 is 36.2 Å². The number of halogens is 2. The number of carbonyl (C=O) groups is 1. The Bertz CT molecular complexity index is 1190. The van der Waals surface area contributed by atoms with E-state index in [1.807, 2.05) is 24.1 Å². The first-order valence-electron chi connectivity index (χ1n) is 13.4. The largest absolute Gasteiger partial charge is 0.442 e. The Kier molecular flexibility index (Phi) is 8.32. The number of nitrogens with zero attached hydrogens (tertiary/aromatic N) is 2. The van der Waals surface area contributed by atoms with Crippen LogP contribution in [0.2, 0.25) is 0 Å². The second kappa shape index (κ2) is 11.7. The second-order valence-electron chi connectivity index (χ2n) is 10.5. The fourth-order valence-corrected chi connectivity index (χ4v) is 5.46. The highest BCUT2D eigenvalue weighted by Crippen LogP contribution is 2.36. The SMILES string of the molecule is CC(=S)NC[C@H]1CN(c2cc(F)c(N/C3=C/C(C(O)N(C)C4CCCCC4)=C\C=C/C4OC34)c(F)c2)C(=O)O1. The van der Waals surface area contributed by atoms with Gasteiger partial charge < -0.3 is 25.2 Å². The van der Waals surface area contributed by atoms with Crippen molar-refractivity contribution in [1.82, 2.24) is 10.2 Å². The lowest BCUT2D eigenvalue weighted by Gasteiger charge is -2.35. The fourth-order valence-electron chi connectivity index (χ4n) is 5.37. The van der Waals surface area contributed by atoms with E-state index in [1.54, 1.807) is 19.1 Å². The third-order valence-electron chi connectivity index (χ3n) is 7.64. The molecule has 3 unspecified atom stereocenters. The molecule has 8 nitrogen and oxygen atoms in total. The van der Waals surface area contributed by atoms with Gasteiger partial charge in [0.2, 0.25) is 0 Å². The number of benzene rings is 1. The highest BCUT2D eigenvalue weighted by molar-refractivity contribution is 7.80. The standard InChI is InChI=1S/C28H34F2N4O4S/c1-16(39)31-14-20-15-34(28(36)37-20)19-12-21(29)25(22(30)13-19)32-23-11-17(7-6-10-24-26(23)38-24)27(35)33(2)18-8-4-3-5-9-18/h6-7,10-13,18,20,24,26-27,32,35H,3-5,8-9,14-15H2,1-2H3,(H,31,39)/b10-6-,17-7+,23-11+/t20-,24?,26?,27?/m0/s1. The number of aliphatic hydroxyl groups excluding tert-OH is 1. The van der Waals surface area contributed by atoms with E-state index in [-0.39, 0.29) is 30.1 Å². The predicted octanol–water partition coefficient (Wildman–Crippen LogP) is 4.37. The first kappa shape index (κ1) is 27.7. The lowest BCUT2D eigenvalue weighted by molar-refractivity contribution is 0.0127. The summed E-state index contributed by atoms with van der Waals surface area (Å²) in [5.74, 6) is -1.73. The summed E-state index contributed by atoms with van der Waals surface area (Å²) in [4.78, 5) is 16.1. The molecule has 2 aliphatic heterocycles. The average molecular weight is 561 g/mol. The first-order chi connectivity index (χ1) is 18.7. The fraction of sp³-hybridized carbons (Fsp3) is 0.500. The van der Waals surface area contributed by atoms with Crippen LogP contribution in [-0.4, -0.2) is 71.8 Å². The molecule has 11 heteroatoms. The van der Waals surface area contributed by atoms with Crippen molar-refractivity contribution in [1.29, 1.82) is 0 Å². The molecule has 0 spiro atoms. The summed E-state index contributed by atoms with van der Waals surface area (Å²) < 4.78 is 41.6. The number of ether oxygens (including phenoxy) is 2. The third kappa shape index (κ3) is 6.32. The maximum Gasteiger partial charge on any atom is 0.414 e. The Morgan fingerprint density at radius 2 is 1.97 bits per heavy atom. The van der Waals surface area contributed by atoms with Crippen molar-refractivity contribution in [2.75, 3.05) is 30.4 Å². The van der Waals surface area contributed by atoms with E-state index in [2.05, 4.69) is 10.6 Å². The van der Waals surface area contributed by atoms with Gasteiger partial charge in [-0.3, -0.25) is 9.80 Å². The Morgan fingerprint density at radius 1 is 1.26 bits per heavy atom. The minimum atomic E-state index is -0.882. The molecule has 5 rings (SSSR count). The van der Waals surface area contributed by atoms with Crippen LogP contribution in [0.15, 0.2) is 47.7 Å². The van der Waals surface area contributed by atoms with Crippen LogP contribution in [0, 0.1) is 11.6 Å². The van der Waals surface area contributed by atoms with Gasteiger partial charge in [0.25, 0.3) is 0 Å². The number of cyclic esters (lactones) is 1. The molecule has 210 valence electrons. The predicted molar refractivity (Wildman–Crippen MR) is 148 cm³/mol. The molecule has 2 saturated heterocycles. The molecule has 1 aromatic carbocycles. The van der Waals surface area contributed by atoms with Crippen LogP contribution in [0.3, 0.4) is 0 Å². The number of thiocarbonyl (C=S) groups is 1. The van der Waals surface area contributed by atoms with Gasteiger partial charge in [-0.1, -0.05) is 49.7 Å². The molecule has 2 heterocycles. The van der Waals surface area contributed by atoms with E-state index in [1.165, 1.54) is 11.3 Å². The van der Waals surface area contributed by atoms with Gasteiger partial charge in [0.1, 0.15) is 30.2 Å². The van der Waals surface area contributed by atoms with E-state index in [0.717, 1.165) is 37.8 Å². The van der Waals surface area contributed by atoms with E-state index in [4.69, 9.17) is 21.7 Å². The van der Waals surface area contributed by atoms with E-state index >= 15 is 8.78 Å². The minimum Gasteiger partial charge on any atom is -0.442 e. The van der Waals surface area contributed by atoms with Crippen molar-refractivity contribution in [3.05, 3.63) is 59.3 Å². The highest BCUT2D eigenvalue weighted by Gasteiger charge is 2.42. The van der Waals surface area contributed by atoms with Gasteiger partial charge in [0.05, 0.1) is 23.8 Å². The lowest BCUT2D eigenvalue weighted by atomic mass is 9.93. The van der Waals surface area contributed by atoms with Crippen molar-refractivity contribution in [3.8, 4) is 0 Å². The summed E-state index contributed by atoms with van der Waals surface area (Å²) in [6, 6.07) is 2.47. The van der Waals surface area contributed by atoms with Crippen LogP contribution < -0.4 is 15.5 Å². The van der Waals surface area contributed by atoms with Crippen molar-refractivity contribution < 1.29 is 28.2 Å². The lowest BCUT2D eigenvalue weighted by Crippen LogP contribution is -2.42. The highest BCUT2D eigenvalue weighted by atomic mass is 32.1. The Hall–Kier alpha value is -2.86. The molecule has 39 heavy (non-hydrogen) atoms. The summed E-state index contributed by atoms with van der Waals surface area (Å²) in [6.07, 6.45) is 10.0. The van der Waals surface area contributed by atoms with Gasteiger partial charge in [0.15, 0.2) is 11.6 Å². The number of anilines is 2. The van der Waals surface area contributed by atoms with Gasteiger partial charge in [0, 0.05) is 23.9 Å². The van der Waals surface area contributed by atoms with Crippen molar-refractivity contribution in [3.63, 3.8) is 0 Å². The molecule has 4 atom stereocenters. The van der Waals surface area contributed by atoms with Crippen molar-refractivity contribution in [2.45, 2.75) is 69.6 Å². The smallest absolute Gasteiger partial charge is 0.414 e. The molecular formula is C28H34F2N4O4S. The van der Waals surface area contributed by atoms with E-state index in [9.17, 15) is 9.90 Å². The molecule has 0 aromatic heterocycles. The van der Waals surface area contributed by atoms with Gasteiger partial charge in [-0.25, -0.2) is 13.6 Å². The van der Waals surface area contributed by atoms with Crippen LogP contribution in [0.25, 0.3) is 0 Å². The van der Waals surface area contributed by atoms with Crippen LogP contribution in [0.4, 0.5) is 25.0 Å². The van der Waals surface area contributed by atoms with Crippen LogP contribution in [0.5, 0.6) is 0 Å². The summed E-state index contributed by atoms with van der Waals surface area (Å²) in [5, 5.41) is 17.0. The average Bonchev–Trinajstić information content (AvgIpc) is 3.56. The number of hydrogen-bond acceptors (Lipinski definition) is 7. The van der Waals surface area contributed by atoms with Crippen molar-refractivity contribution >= 4 is 34.7 Å². The van der Waals surface area contributed by atoms with Crippen LogP contribution in [0.1, 0.15) is 39.0 Å². The number of fused-ring (bicyclic) bond motifs is 1. The quantitative estimate of drug-likeness (QED) is 0.246. The number of amides is 1. The zero-order valence-electron chi connectivity index (χ0n) is 22.0. The molecule has 3 fully saturated rings. The van der Waals surface area contributed by atoms with Crippen LogP contribution in [-0.2, 0) is 9.47 Å². The zero-order chi connectivity index (χ0) is 27.7. The Labute approximate surface area is 232 Å². The summed E-state index contributed by atoms with van der Waals surface area (Å²) in [5.41, 5.74) is 0.737. The molecule has 0 radical (unpaired) electrons. The number of epoxide rings is 1. The molecule has 1 saturated carbocycles. The van der Waals surface area contributed by atoms with Crippen LogP contribution >= 0.6 is 12.2 Å². The molecule has 0 bridgehead atoms. The van der Waals surface area contributed by atoms with E-state index in [0.29, 0.717) is 22.8 Å². The molecule has 2 aliphatic carbocycles. The first-order valence-corrected chi connectivity index (χ1v) is 13.8. The maximum atomic E-state index is 15.3. The monoisotopic (exact) mass is 560 g/mol. The Morgan fingerprint density at radius 3 is 2.67 bits per heavy atom. The summed E-state index contributed by atoms with van der Waals surface area (Å²) >= 11 is 4.98. The summed E-state index contributed by atoms with van der Waals surface area (Å²) in [6.45, 7) is 2.16. The maximum absolute atomic E-state index is 15.3. The molecule has 1 amide bonds. The number of hydrogen-bond donors (Lipinski definition) is 3.